The van der Waals surface area contributed by atoms with Crippen LogP contribution in [0.5, 0.6) is 5.75 Å². The average Bonchev–Trinajstić information content (AvgIpc) is 3.27. The van der Waals surface area contributed by atoms with Gasteiger partial charge in [-0.25, -0.2) is 4.98 Å². The lowest BCUT2D eigenvalue weighted by atomic mass is 10.00. The molecule has 0 saturated heterocycles. The van der Waals surface area contributed by atoms with Crippen LogP contribution in [0.2, 0.25) is 0 Å². The molecule has 1 N–H and O–H groups in total. The molecule has 0 atom stereocenters. The molecule has 0 aliphatic rings. The van der Waals surface area contributed by atoms with Crippen molar-refractivity contribution < 1.29 is 18.7 Å². The lowest BCUT2D eigenvalue weighted by Gasteiger charge is -2.04. The fourth-order valence-corrected chi connectivity index (χ4v) is 2.32. The number of nitrogens with zero attached hydrogens (tertiary/aromatic N) is 2. The quantitative estimate of drug-likeness (QED) is 0.527. The molecule has 0 spiro atoms. The van der Waals surface area contributed by atoms with Crippen LogP contribution >= 0.6 is 0 Å². The van der Waals surface area contributed by atoms with E-state index in [1.165, 1.54) is 12.6 Å². The van der Waals surface area contributed by atoms with Gasteiger partial charge < -0.3 is 9.15 Å². The Kier molecular flexibility index (Phi) is 4.51. The highest BCUT2D eigenvalue weighted by Gasteiger charge is 2.21. The van der Waals surface area contributed by atoms with E-state index < -0.39 is 11.6 Å². The number of carbonyl (C=O) groups is 2. The molecule has 7 nitrogen and oxygen atoms in total. The minimum atomic E-state index is -0.691. The van der Waals surface area contributed by atoms with Gasteiger partial charge in [0.2, 0.25) is 5.78 Å². The zero-order valence-corrected chi connectivity index (χ0v) is 13.0. The van der Waals surface area contributed by atoms with E-state index in [-0.39, 0.29) is 12.2 Å². The highest BCUT2D eigenvalue weighted by Crippen LogP contribution is 2.19. The summed E-state index contributed by atoms with van der Waals surface area (Å²) in [6.07, 6.45) is 4.82. The van der Waals surface area contributed by atoms with Gasteiger partial charge in [0.25, 0.3) is 5.78 Å². The second-order valence-electron chi connectivity index (χ2n) is 5.21. The third-order valence-corrected chi connectivity index (χ3v) is 3.62. The van der Waals surface area contributed by atoms with Gasteiger partial charge in [0, 0.05) is 18.4 Å². The molecule has 2 heterocycles. The van der Waals surface area contributed by atoms with E-state index in [2.05, 4.69) is 15.2 Å². The van der Waals surface area contributed by atoms with Crippen molar-refractivity contribution in [3.8, 4) is 5.75 Å². The number of hydrogen-bond acceptors (Lipinski definition) is 6. The summed E-state index contributed by atoms with van der Waals surface area (Å²) >= 11 is 0. The number of hydrogen-bond donors (Lipinski definition) is 1. The summed E-state index contributed by atoms with van der Waals surface area (Å²) in [6, 6.07) is 7.62. The first-order valence-corrected chi connectivity index (χ1v) is 7.27. The maximum absolute atomic E-state index is 12.1. The van der Waals surface area contributed by atoms with Crippen LogP contribution < -0.4 is 4.74 Å². The smallest absolute Gasteiger partial charge is 0.265 e. The predicted molar refractivity (Wildman–Crippen MR) is 83.9 cm³/mol. The van der Waals surface area contributed by atoms with Crippen molar-refractivity contribution in [3.05, 3.63) is 65.6 Å². The first kappa shape index (κ1) is 15.7. The normalized spacial score (nSPS) is 10.5. The summed E-state index contributed by atoms with van der Waals surface area (Å²) in [5.74, 6) is -0.535. The van der Waals surface area contributed by atoms with E-state index in [1.807, 2.05) is 24.3 Å². The van der Waals surface area contributed by atoms with Crippen molar-refractivity contribution in [2.45, 2.75) is 12.8 Å². The van der Waals surface area contributed by atoms with Gasteiger partial charge in [0.05, 0.1) is 19.6 Å². The number of nitrogens with one attached hydrogen (secondary N) is 1. The van der Waals surface area contributed by atoms with Crippen molar-refractivity contribution in [3.63, 3.8) is 0 Å². The summed E-state index contributed by atoms with van der Waals surface area (Å²) in [6.45, 7) is 0. The number of carbonyl (C=O) groups excluding carboxylic acids is 2. The van der Waals surface area contributed by atoms with Crippen molar-refractivity contribution in [2.75, 3.05) is 7.11 Å². The van der Waals surface area contributed by atoms with E-state index in [9.17, 15) is 9.59 Å². The van der Waals surface area contributed by atoms with Crippen LogP contribution in [0.1, 0.15) is 27.3 Å². The van der Waals surface area contributed by atoms with E-state index in [0.717, 1.165) is 16.9 Å². The fraction of sp³-hybridized carbons (Fsp3) is 0.176. The number of aromatic nitrogens is 3. The summed E-state index contributed by atoms with van der Waals surface area (Å²) in [7, 11) is 1.61. The van der Waals surface area contributed by atoms with Gasteiger partial charge in [-0.2, -0.15) is 5.10 Å². The van der Waals surface area contributed by atoms with Gasteiger partial charge in [0.1, 0.15) is 12.1 Å². The topological polar surface area (TPSA) is 98.1 Å². The fourth-order valence-electron chi connectivity index (χ4n) is 2.32. The molecule has 7 heteroatoms. The lowest BCUT2D eigenvalue weighted by Crippen LogP contribution is -2.18. The van der Waals surface area contributed by atoms with Crippen LogP contribution in [-0.4, -0.2) is 33.9 Å². The third-order valence-electron chi connectivity index (χ3n) is 3.62. The van der Waals surface area contributed by atoms with Crippen molar-refractivity contribution >= 4 is 11.6 Å². The maximum atomic E-state index is 12.1. The molecule has 24 heavy (non-hydrogen) atoms. The molecule has 0 radical (unpaired) electrons. The Hall–Kier alpha value is -3.22. The molecule has 3 aromatic rings. The molecule has 0 amide bonds. The predicted octanol–water partition coefficient (Wildman–Crippen LogP) is 1.99. The van der Waals surface area contributed by atoms with Crippen LogP contribution in [0.15, 0.2) is 47.5 Å². The standard InChI is InChI=1S/C17H15N3O4/c1-23-14-4-2-11(3-5-14)6-12-8-24-9-13(12)7-15(21)16(22)17-18-10-19-20-17/h2-5,8-10H,6-7H2,1H3,(H,18,19,20). The van der Waals surface area contributed by atoms with Crippen LogP contribution in [0, 0.1) is 0 Å². The number of ether oxygens (including phenoxy) is 1. The maximum Gasteiger partial charge on any atom is 0.265 e. The Morgan fingerprint density at radius 2 is 1.92 bits per heavy atom. The highest BCUT2D eigenvalue weighted by molar-refractivity contribution is 6.43. The number of methoxy groups -OCH3 is 1. The van der Waals surface area contributed by atoms with Crippen LogP contribution in [0.3, 0.4) is 0 Å². The SMILES string of the molecule is COc1ccc(Cc2cocc2CC(=O)C(=O)c2ncn[nH]2)cc1. The van der Waals surface area contributed by atoms with Gasteiger partial charge in [-0.15, -0.1) is 0 Å². The third kappa shape index (κ3) is 3.40. The van der Waals surface area contributed by atoms with E-state index in [0.29, 0.717) is 12.0 Å². The van der Waals surface area contributed by atoms with Crippen molar-refractivity contribution in [1.29, 1.82) is 0 Å². The van der Waals surface area contributed by atoms with Crippen molar-refractivity contribution in [2.24, 2.45) is 0 Å². The molecule has 0 aliphatic heterocycles. The molecular formula is C17H15N3O4. The number of H-pyrrole nitrogens is 1. The first-order valence-electron chi connectivity index (χ1n) is 7.27. The highest BCUT2D eigenvalue weighted by atomic mass is 16.5. The molecule has 0 saturated carbocycles. The molecule has 0 fully saturated rings. The second-order valence-corrected chi connectivity index (χ2v) is 5.21. The lowest BCUT2D eigenvalue weighted by molar-refractivity contribution is -0.114. The summed E-state index contributed by atoms with van der Waals surface area (Å²) in [5, 5.41) is 5.97. The zero-order chi connectivity index (χ0) is 16.9. The van der Waals surface area contributed by atoms with Gasteiger partial charge in [-0.3, -0.25) is 14.7 Å². The van der Waals surface area contributed by atoms with Crippen molar-refractivity contribution in [1.82, 2.24) is 15.2 Å². The van der Waals surface area contributed by atoms with Crippen LogP contribution in [0.25, 0.3) is 0 Å². The van der Waals surface area contributed by atoms with E-state index >= 15 is 0 Å². The second kappa shape index (κ2) is 6.91. The number of aromatic amines is 1. The Morgan fingerprint density at radius 1 is 1.17 bits per heavy atom. The van der Waals surface area contributed by atoms with E-state index in [1.54, 1.807) is 13.4 Å². The Bertz CT molecular complexity index is 835. The van der Waals surface area contributed by atoms with Gasteiger partial charge >= 0.3 is 0 Å². The summed E-state index contributed by atoms with van der Waals surface area (Å²) in [5.41, 5.74) is 2.59. The summed E-state index contributed by atoms with van der Waals surface area (Å²) in [4.78, 5) is 27.7. The zero-order valence-electron chi connectivity index (χ0n) is 13.0. The molecule has 3 rings (SSSR count). The number of furan rings is 1. The van der Waals surface area contributed by atoms with Gasteiger partial charge in [0.15, 0.2) is 5.82 Å². The molecular weight excluding hydrogens is 310 g/mol. The monoisotopic (exact) mass is 325 g/mol. The molecule has 2 aromatic heterocycles. The molecule has 0 bridgehead atoms. The number of rotatable bonds is 7. The molecule has 122 valence electrons. The Labute approximate surface area is 137 Å². The van der Waals surface area contributed by atoms with Gasteiger partial charge in [-0.1, -0.05) is 12.1 Å². The molecule has 0 aliphatic carbocycles. The first-order chi connectivity index (χ1) is 11.7. The van der Waals surface area contributed by atoms with Crippen LogP contribution in [-0.2, 0) is 17.6 Å². The minimum absolute atomic E-state index is 0.0402. The number of Topliss-reactive ketones (excluding diaryl/α,β-unsaturated/α-hetero) is 2. The minimum Gasteiger partial charge on any atom is -0.497 e. The largest absolute Gasteiger partial charge is 0.497 e. The Balaban J connectivity index is 1.70. The van der Waals surface area contributed by atoms with Gasteiger partial charge in [-0.05, 0) is 23.3 Å². The van der Waals surface area contributed by atoms with Crippen LogP contribution in [0.4, 0.5) is 0 Å². The average molecular weight is 325 g/mol. The summed E-state index contributed by atoms with van der Waals surface area (Å²) < 4.78 is 10.3. The number of benzene rings is 1. The molecule has 1 aromatic carbocycles. The Morgan fingerprint density at radius 3 is 2.58 bits per heavy atom. The van der Waals surface area contributed by atoms with E-state index in [4.69, 9.17) is 9.15 Å². The molecule has 0 unspecified atom stereocenters. The number of ketones is 2.